The van der Waals surface area contributed by atoms with E-state index < -0.39 is 0 Å². The van der Waals surface area contributed by atoms with Gasteiger partial charge >= 0.3 is 0 Å². The maximum atomic E-state index is 13.0. The van der Waals surface area contributed by atoms with E-state index in [0.29, 0.717) is 5.92 Å². The second-order valence-corrected chi connectivity index (χ2v) is 7.18. The molecule has 1 N–H and O–H groups in total. The molecule has 21 heavy (non-hydrogen) atoms. The van der Waals surface area contributed by atoms with Gasteiger partial charge in [0.1, 0.15) is 5.82 Å². The monoisotopic (exact) mass is 293 g/mol. The van der Waals surface area contributed by atoms with Crippen molar-refractivity contribution in [2.75, 3.05) is 6.54 Å². The topological polar surface area (TPSA) is 12.0 Å². The first-order valence-electron chi connectivity index (χ1n) is 8.40. The fraction of sp³-hybridized carbons (Fsp3) is 0.684. The minimum Gasteiger partial charge on any atom is -0.312 e. The number of benzene rings is 1. The Balaban J connectivity index is 2.51. The second-order valence-electron chi connectivity index (χ2n) is 7.18. The van der Waals surface area contributed by atoms with Crippen molar-refractivity contribution in [2.45, 2.75) is 71.8 Å². The van der Waals surface area contributed by atoms with Crippen LogP contribution in [0.25, 0.3) is 0 Å². The van der Waals surface area contributed by atoms with Crippen LogP contribution >= 0.6 is 0 Å². The lowest BCUT2D eigenvalue weighted by Crippen LogP contribution is -2.39. The molecule has 0 amide bonds. The Kier molecular flexibility index (Phi) is 7.95. The molecule has 0 bridgehead atoms. The molecule has 1 atom stereocenters. The summed E-state index contributed by atoms with van der Waals surface area (Å²) in [6.45, 7) is 9.90. The molecule has 1 nitrogen and oxygen atoms in total. The minimum absolute atomic E-state index is 0.147. The predicted molar refractivity (Wildman–Crippen MR) is 90.1 cm³/mol. The summed E-state index contributed by atoms with van der Waals surface area (Å²) in [5.41, 5.74) is 1.40. The Morgan fingerprint density at radius 2 is 1.71 bits per heavy atom. The molecule has 0 aromatic heterocycles. The first-order valence-corrected chi connectivity index (χ1v) is 8.40. The molecular weight excluding hydrogens is 261 g/mol. The second kappa shape index (κ2) is 9.19. The van der Waals surface area contributed by atoms with E-state index in [1.807, 2.05) is 12.1 Å². The number of hydrogen-bond acceptors (Lipinski definition) is 1. The van der Waals surface area contributed by atoms with Crippen LogP contribution in [0.3, 0.4) is 0 Å². The third-order valence-corrected chi connectivity index (χ3v) is 3.82. The van der Waals surface area contributed by atoms with Gasteiger partial charge in [0.25, 0.3) is 0 Å². The van der Waals surface area contributed by atoms with E-state index in [1.165, 1.54) is 37.7 Å². The summed E-state index contributed by atoms with van der Waals surface area (Å²) >= 11 is 0. The van der Waals surface area contributed by atoms with Crippen molar-refractivity contribution in [3.8, 4) is 0 Å². The summed E-state index contributed by atoms with van der Waals surface area (Å²) in [6.07, 6.45) is 7.52. The van der Waals surface area contributed by atoms with Crippen LogP contribution in [0.4, 0.5) is 4.39 Å². The lowest BCUT2D eigenvalue weighted by Gasteiger charge is -2.25. The van der Waals surface area contributed by atoms with Gasteiger partial charge in [-0.3, -0.25) is 0 Å². The largest absolute Gasteiger partial charge is 0.312 e. The summed E-state index contributed by atoms with van der Waals surface area (Å²) in [7, 11) is 0. The molecule has 1 unspecified atom stereocenters. The SMILES string of the molecule is CCCCCCC(CNC(C)(C)C)Cc1ccc(F)cc1. The van der Waals surface area contributed by atoms with Gasteiger partial charge in [-0.05, 0) is 63.8 Å². The average Bonchev–Trinajstić information content (AvgIpc) is 2.42. The maximum Gasteiger partial charge on any atom is 0.123 e. The molecule has 1 rings (SSSR count). The van der Waals surface area contributed by atoms with E-state index in [4.69, 9.17) is 0 Å². The van der Waals surface area contributed by atoms with Crippen LogP contribution in [0.2, 0.25) is 0 Å². The summed E-state index contributed by atoms with van der Waals surface area (Å²) < 4.78 is 13.0. The van der Waals surface area contributed by atoms with Crippen molar-refractivity contribution in [2.24, 2.45) is 5.92 Å². The number of halogens is 1. The molecule has 2 heteroatoms. The molecule has 0 saturated heterocycles. The molecule has 0 fully saturated rings. The molecule has 0 radical (unpaired) electrons. The highest BCUT2D eigenvalue weighted by molar-refractivity contribution is 5.16. The van der Waals surface area contributed by atoms with Crippen LogP contribution in [0, 0.1) is 11.7 Å². The first-order chi connectivity index (χ1) is 9.90. The normalized spacial score (nSPS) is 13.4. The number of rotatable bonds is 9. The van der Waals surface area contributed by atoms with E-state index in [0.717, 1.165) is 13.0 Å². The first kappa shape index (κ1) is 18.2. The molecule has 0 aliphatic carbocycles. The number of nitrogens with one attached hydrogen (secondary N) is 1. The van der Waals surface area contributed by atoms with Gasteiger partial charge in [-0.1, -0.05) is 44.7 Å². The molecule has 0 spiro atoms. The Labute approximate surface area is 130 Å². The summed E-state index contributed by atoms with van der Waals surface area (Å²) in [6, 6.07) is 6.98. The summed E-state index contributed by atoms with van der Waals surface area (Å²) in [5, 5.41) is 3.62. The van der Waals surface area contributed by atoms with Gasteiger partial charge in [0.15, 0.2) is 0 Å². The van der Waals surface area contributed by atoms with Gasteiger partial charge in [-0.15, -0.1) is 0 Å². The van der Waals surface area contributed by atoms with Gasteiger partial charge in [-0.2, -0.15) is 0 Å². The smallest absolute Gasteiger partial charge is 0.123 e. The Morgan fingerprint density at radius 3 is 2.29 bits per heavy atom. The van der Waals surface area contributed by atoms with Gasteiger partial charge in [0, 0.05) is 5.54 Å². The van der Waals surface area contributed by atoms with Crippen LogP contribution in [0.1, 0.15) is 65.4 Å². The van der Waals surface area contributed by atoms with Crippen LogP contribution in [-0.4, -0.2) is 12.1 Å². The van der Waals surface area contributed by atoms with Crippen LogP contribution < -0.4 is 5.32 Å². The van der Waals surface area contributed by atoms with Crippen molar-refractivity contribution >= 4 is 0 Å². The molecule has 1 aromatic rings. The predicted octanol–water partition coefficient (Wildman–Crippen LogP) is 5.34. The Hall–Kier alpha value is -0.890. The van der Waals surface area contributed by atoms with Gasteiger partial charge in [0.05, 0.1) is 0 Å². The van der Waals surface area contributed by atoms with E-state index in [2.05, 4.69) is 33.0 Å². The highest BCUT2D eigenvalue weighted by atomic mass is 19.1. The lowest BCUT2D eigenvalue weighted by molar-refractivity contribution is 0.349. The zero-order valence-corrected chi connectivity index (χ0v) is 14.2. The highest BCUT2D eigenvalue weighted by Crippen LogP contribution is 2.17. The number of hydrogen-bond donors (Lipinski definition) is 1. The minimum atomic E-state index is -0.147. The van der Waals surface area contributed by atoms with E-state index in [-0.39, 0.29) is 11.4 Å². The van der Waals surface area contributed by atoms with Gasteiger partial charge < -0.3 is 5.32 Å². The van der Waals surface area contributed by atoms with Crippen molar-refractivity contribution in [1.29, 1.82) is 0 Å². The van der Waals surface area contributed by atoms with Crippen molar-refractivity contribution in [3.63, 3.8) is 0 Å². The molecule has 0 heterocycles. The van der Waals surface area contributed by atoms with Crippen LogP contribution in [-0.2, 0) is 6.42 Å². The molecule has 0 saturated carbocycles. The standard InChI is InChI=1S/C19H32FN/c1-5-6-7-8-9-17(15-21-19(2,3)4)14-16-10-12-18(20)13-11-16/h10-13,17,21H,5-9,14-15H2,1-4H3. The van der Waals surface area contributed by atoms with Gasteiger partial charge in [0.2, 0.25) is 0 Å². The van der Waals surface area contributed by atoms with E-state index >= 15 is 0 Å². The fourth-order valence-corrected chi connectivity index (χ4v) is 2.54. The van der Waals surface area contributed by atoms with Crippen LogP contribution in [0.15, 0.2) is 24.3 Å². The number of unbranched alkanes of at least 4 members (excludes halogenated alkanes) is 3. The highest BCUT2D eigenvalue weighted by Gasteiger charge is 2.14. The van der Waals surface area contributed by atoms with Crippen molar-refractivity contribution in [1.82, 2.24) is 5.32 Å². The lowest BCUT2D eigenvalue weighted by atomic mass is 9.92. The molecule has 120 valence electrons. The third kappa shape index (κ3) is 8.87. The molecule has 0 aliphatic rings. The summed E-state index contributed by atoms with van der Waals surface area (Å²) in [4.78, 5) is 0. The summed E-state index contributed by atoms with van der Waals surface area (Å²) in [5.74, 6) is 0.484. The zero-order valence-electron chi connectivity index (χ0n) is 14.2. The fourth-order valence-electron chi connectivity index (χ4n) is 2.54. The Bertz CT molecular complexity index is 378. The quantitative estimate of drug-likeness (QED) is 0.606. The zero-order chi connectivity index (χ0) is 15.7. The van der Waals surface area contributed by atoms with Crippen molar-refractivity contribution in [3.05, 3.63) is 35.6 Å². The van der Waals surface area contributed by atoms with Crippen LogP contribution in [0.5, 0.6) is 0 Å². The van der Waals surface area contributed by atoms with E-state index in [9.17, 15) is 4.39 Å². The molecule has 1 aromatic carbocycles. The average molecular weight is 293 g/mol. The van der Waals surface area contributed by atoms with Crippen molar-refractivity contribution < 1.29 is 4.39 Å². The Morgan fingerprint density at radius 1 is 1.05 bits per heavy atom. The third-order valence-electron chi connectivity index (χ3n) is 3.82. The maximum absolute atomic E-state index is 13.0. The molecule has 0 aliphatic heterocycles. The van der Waals surface area contributed by atoms with Gasteiger partial charge in [-0.25, -0.2) is 4.39 Å². The molecular formula is C19H32FN. The van der Waals surface area contributed by atoms with E-state index in [1.54, 1.807) is 12.1 Å².